The third-order valence-electron chi connectivity index (χ3n) is 5.66. The van der Waals surface area contributed by atoms with Crippen molar-refractivity contribution in [3.63, 3.8) is 0 Å². The van der Waals surface area contributed by atoms with Crippen molar-refractivity contribution < 1.29 is 4.79 Å². The molecule has 1 atom stereocenters. The summed E-state index contributed by atoms with van der Waals surface area (Å²) in [5, 5.41) is 6.40. The highest BCUT2D eigenvalue weighted by molar-refractivity contribution is 6.05. The fourth-order valence-electron chi connectivity index (χ4n) is 3.73. The molecule has 1 aromatic heterocycles. The molecule has 4 rings (SSSR count). The Morgan fingerprint density at radius 1 is 0.909 bits per heavy atom. The molecule has 2 N–H and O–H groups in total. The minimum Gasteiger partial charge on any atom is -0.340 e. The van der Waals surface area contributed by atoms with Gasteiger partial charge in [0.05, 0.1) is 5.69 Å². The number of para-hydroxylation sites is 1. The maximum absolute atomic E-state index is 13.0. The van der Waals surface area contributed by atoms with Crippen molar-refractivity contribution in [2.24, 2.45) is 0 Å². The van der Waals surface area contributed by atoms with Crippen molar-refractivity contribution in [2.45, 2.75) is 33.1 Å². The predicted octanol–water partition coefficient (Wildman–Crippen LogP) is 6.96. The molecular formula is C28H28N4O. The van der Waals surface area contributed by atoms with Gasteiger partial charge in [-0.3, -0.25) is 4.79 Å². The second-order valence-electron chi connectivity index (χ2n) is 8.11. The van der Waals surface area contributed by atoms with Crippen LogP contribution in [-0.2, 0) is 0 Å². The number of hydrogen-bond acceptors (Lipinski definition) is 4. The van der Waals surface area contributed by atoms with E-state index in [1.165, 1.54) is 0 Å². The number of anilines is 3. The summed E-state index contributed by atoms with van der Waals surface area (Å²) in [6.45, 7) is 6.19. The predicted molar refractivity (Wildman–Crippen MR) is 135 cm³/mol. The lowest BCUT2D eigenvalue weighted by molar-refractivity contribution is 0.102. The van der Waals surface area contributed by atoms with Crippen LogP contribution in [0.25, 0.3) is 11.3 Å². The number of amides is 1. The second kappa shape index (κ2) is 10.1. The van der Waals surface area contributed by atoms with Gasteiger partial charge in [0.2, 0.25) is 0 Å². The number of nitrogens with one attached hydrogen (secondary N) is 2. The zero-order valence-corrected chi connectivity index (χ0v) is 19.2. The highest BCUT2D eigenvalue weighted by atomic mass is 16.1. The number of benzene rings is 3. The van der Waals surface area contributed by atoms with Crippen LogP contribution in [-0.4, -0.2) is 15.9 Å². The van der Waals surface area contributed by atoms with E-state index in [4.69, 9.17) is 0 Å². The lowest BCUT2D eigenvalue weighted by Crippen LogP contribution is -2.14. The van der Waals surface area contributed by atoms with Gasteiger partial charge in [0.25, 0.3) is 5.91 Å². The van der Waals surface area contributed by atoms with Crippen LogP contribution in [0.4, 0.5) is 17.2 Å². The Bertz CT molecular complexity index is 1250. The molecule has 33 heavy (non-hydrogen) atoms. The number of nitrogens with zero attached hydrogens (tertiary/aromatic N) is 2. The Hall–Kier alpha value is -3.99. The summed E-state index contributed by atoms with van der Waals surface area (Å²) in [5.41, 5.74) is 5.24. The summed E-state index contributed by atoms with van der Waals surface area (Å²) in [6.07, 6.45) is 1.01. The smallest absolute Gasteiger partial charge is 0.255 e. The van der Waals surface area contributed by atoms with Crippen molar-refractivity contribution in [3.8, 4) is 11.3 Å². The molecule has 5 nitrogen and oxygen atoms in total. The van der Waals surface area contributed by atoms with E-state index in [0.717, 1.165) is 34.6 Å². The summed E-state index contributed by atoms with van der Waals surface area (Å²) >= 11 is 0. The quantitative estimate of drug-likeness (QED) is 0.328. The van der Waals surface area contributed by atoms with E-state index >= 15 is 0 Å². The van der Waals surface area contributed by atoms with E-state index in [9.17, 15) is 4.79 Å². The van der Waals surface area contributed by atoms with Gasteiger partial charge in [-0.25, -0.2) is 9.97 Å². The normalized spacial score (nSPS) is 11.6. The molecule has 0 bridgehead atoms. The molecular weight excluding hydrogens is 408 g/mol. The Morgan fingerprint density at radius 2 is 1.67 bits per heavy atom. The fourth-order valence-corrected chi connectivity index (χ4v) is 3.73. The van der Waals surface area contributed by atoms with Gasteiger partial charge in [0.1, 0.15) is 11.6 Å². The molecule has 3 aromatic carbocycles. The number of rotatable bonds is 7. The molecule has 1 unspecified atom stereocenters. The first-order valence-electron chi connectivity index (χ1n) is 11.2. The Balaban J connectivity index is 1.55. The summed E-state index contributed by atoms with van der Waals surface area (Å²) in [5.74, 6) is 1.59. The number of aromatic nitrogens is 2. The van der Waals surface area contributed by atoms with Crippen LogP contribution in [0.2, 0.25) is 0 Å². The minimum absolute atomic E-state index is 0.141. The van der Waals surface area contributed by atoms with E-state index in [0.29, 0.717) is 23.1 Å². The first kappa shape index (κ1) is 22.2. The average Bonchev–Trinajstić information content (AvgIpc) is 2.84. The van der Waals surface area contributed by atoms with Crippen LogP contribution in [0.1, 0.15) is 47.9 Å². The van der Waals surface area contributed by atoms with Gasteiger partial charge in [-0.1, -0.05) is 68.4 Å². The highest BCUT2D eigenvalue weighted by Crippen LogP contribution is 2.27. The fraction of sp³-hybridized carbons (Fsp3) is 0.179. The maximum Gasteiger partial charge on any atom is 0.255 e. The zero-order valence-electron chi connectivity index (χ0n) is 19.2. The van der Waals surface area contributed by atoms with E-state index in [2.05, 4.69) is 40.5 Å². The maximum atomic E-state index is 13.0. The number of aryl methyl sites for hydroxylation is 1. The van der Waals surface area contributed by atoms with Crippen LogP contribution < -0.4 is 10.6 Å². The van der Waals surface area contributed by atoms with Gasteiger partial charge in [-0.05, 0) is 49.1 Å². The third kappa shape index (κ3) is 5.44. The summed E-state index contributed by atoms with van der Waals surface area (Å²) in [7, 11) is 0. The standard InChI is InChI=1S/C28H28N4O/c1-4-19(2)24-15-8-9-16-25(24)32-28(33)22-13-10-14-23(17-22)31-27-18-26(29-20(3)30-27)21-11-6-5-7-12-21/h5-19H,4H2,1-3H3,(H,32,33)(H,29,30,31). The molecule has 0 fully saturated rings. The molecule has 166 valence electrons. The molecule has 0 aliphatic carbocycles. The monoisotopic (exact) mass is 436 g/mol. The van der Waals surface area contributed by atoms with Gasteiger partial charge in [0.15, 0.2) is 0 Å². The highest BCUT2D eigenvalue weighted by Gasteiger charge is 2.13. The van der Waals surface area contributed by atoms with Crippen LogP contribution in [0, 0.1) is 6.92 Å². The largest absolute Gasteiger partial charge is 0.340 e. The van der Waals surface area contributed by atoms with Crippen molar-refractivity contribution in [1.82, 2.24) is 9.97 Å². The lowest BCUT2D eigenvalue weighted by atomic mass is 9.97. The molecule has 0 saturated carbocycles. The molecule has 4 aromatic rings. The number of carbonyl (C=O) groups excluding carboxylic acids is 1. The van der Waals surface area contributed by atoms with Gasteiger partial charge in [-0.2, -0.15) is 0 Å². The minimum atomic E-state index is -0.141. The van der Waals surface area contributed by atoms with Crippen LogP contribution in [0.3, 0.4) is 0 Å². The lowest BCUT2D eigenvalue weighted by Gasteiger charge is -2.16. The van der Waals surface area contributed by atoms with Gasteiger partial charge in [0, 0.05) is 28.6 Å². The van der Waals surface area contributed by atoms with E-state index in [1.807, 2.05) is 85.8 Å². The third-order valence-corrected chi connectivity index (χ3v) is 5.66. The molecule has 1 heterocycles. The van der Waals surface area contributed by atoms with Gasteiger partial charge < -0.3 is 10.6 Å². The first-order valence-corrected chi connectivity index (χ1v) is 11.2. The van der Waals surface area contributed by atoms with E-state index in [-0.39, 0.29) is 5.91 Å². The summed E-state index contributed by atoms with van der Waals surface area (Å²) in [6, 6.07) is 27.3. The molecule has 0 spiro atoms. The first-order chi connectivity index (χ1) is 16.0. The summed E-state index contributed by atoms with van der Waals surface area (Å²) < 4.78 is 0. The Kier molecular flexibility index (Phi) is 6.79. The topological polar surface area (TPSA) is 66.9 Å². The van der Waals surface area contributed by atoms with Crippen LogP contribution in [0.5, 0.6) is 0 Å². The Morgan fingerprint density at radius 3 is 2.45 bits per heavy atom. The van der Waals surface area contributed by atoms with Crippen LogP contribution in [0.15, 0.2) is 84.9 Å². The molecule has 5 heteroatoms. The van der Waals surface area contributed by atoms with Crippen LogP contribution >= 0.6 is 0 Å². The zero-order chi connectivity index (χ0) is 23.2. The number of hydrogen-bond donors (Lipinski definition) is 2. The molecule has 0 radical (unpaired) electrons. The van der Waals surface area contributed by atoms with E-state index in [1.54, 1.807) is 0 Å². The van der Waals surface area contributed by atoms with Crippen molar-refractivity contribution >= 4 is 23.1 Å². The van der Waals surface area contributed by atoms with Crippen molar-refractivity contribution in [3.05, 3.63) is 102 Å². The van der Waals surface area contributed by atoms with Crippen molar-refractivity contribution in [2.75, 3.05) is 10.6 Å². The Labute approximate surface area is 194 Å². The molecule has 0 aliphatic heterocycles. The number of carbonyl (C=O) groups is 1. The molecule has 1 amide bonds. The average molecular weight is 437 g/mol. The van der Waals surface area contributed by atoms with Gasteiger partial charge >= 0.3 is 0 Å². The second-order valence-corrected chi connectivity index (χ2v) is 8.11. The van der Waals surface area contributed by atoms with Gasteiger partial charge in [-0.15, -0.1) is 0 Å². The molecule has 0 saturated heterocycles. The SMILES string of the molecule is CCC(C)c1ccccc1NC(=O)c1cccc(Nc2cc(-c3ccccc3)nc(C)n2)c1. The van der Waals surface area contributed by atoms with Crippen molar-refractivity contribution in [1.29, 1.82) is 0 Å². The summed E-state index contributed by atoms with van der Waals surface area (Å²) in [4.78, 5) is 22.1. The molecule has 0 aliphatic rings. The van der Waals surface area contributed by atoms with E-state index < -0.39 is 0 Å².